The lowest BCUT2D eigenvalue weighted by molar-refractivity contribution is 0.0698. The minimum atomic E-state index is -1.04. The molecule has 1 saturated heterocycles. The van der Waals surface area contributed by atoms with Crippen LogP contribution in [0.5, 0.6) is 0 Å². The van der Waals surface area contributed by atoms with Crippen molar-refractivity contribution in [2.45, 2.75) is 26.7 Å². The third kappa shape index (κ3) is 4.09. The summed E-state index contributed by atoms with van der Waals surface area (Å²) in [6.07, 6.45) is 1.91. The number of hydrogen-bond donors (Lipinski definition) is 2. The van der Waals surface area contributed by atoms with Crippen molar-refractivity contribution in [3.8, 4) is 0 Å². The van der Waals surface area contributed by atoms with Gasteiger partial charge in [-0.25, -0.2) is 9.59 Å². The Morgan fingerprint density at radius 1 is 1.29 bits per heavy atom. The number of carboxylic acids is 1. The number of benzene rings is 1. The zero-order valence-electron chi connectivity index (χ0n) is 12.1. The van der Waals surface area contributed by atoms with Gasteiger partial charge in [-0.2, -0.15) is 0 Å². The average Bonchev–Trinajstić information content (AvgIpc) is 2.40. The average molecular weight is 402 g/mol. The second-order valence-electron chi connectivity index (χ2n) is 6.08. The predicted octanol–water partition coefficient (Wildman–Crippen LogP) is 3.64. The van der Waals surface area contributed by atoms with E-state index in [9.17, 15) is 14.7 Å². The van der Waals surface area contributed by atoms with Crippen LogP contribution in [-0.2, 0) is 0 Å². The molecule has 0 unspecified atom stereocenters. The van der Waals surface area contributed by atoms with Gasteiger partial charge in [-0.15, -0.1) is 0 Å². The number of amides is 2. The molecule has 0 radical (unpaired) electrons. The highest BCUT2D eigenvalue weighted by Gasteiger charge is 2.28. The van der Waals surface area contributed by atoms with Crippen molar-refractivity contribution in [2.24, 2.45) is 5.41 Å². The quantitative estimate of drug-likeness (QED) is 0.743. The van der Waals surface area contributed by atoms with Gasteiger partial charge in [0.15, 0.2) is 0 Å². The van der Waals surface area contributed by atoms with Crippen LogP contribution >= 0.6 is 22.6 Å². The molecule has 0 saturated carbocycles. The van der Waals surface area contributed by atoms with E-state index in [1.54, 1.807) is 23.1 Å². The second-order valence-corrected chi connectivity index (χ2v) is 7.32. The van der Waals surface area contributed by atoms with Gasteiger partial charge < -0.3 is 15.3 Å². The Labute approximate surface area is 137 Å². The number of carbonyl (C=O) groups excluding carboxylic acids is 1. The molecule has 1 aromatic carbocycles. The number of piperidine rings is 1. The van der Waals surface area contributed by atoms with Crippen molar-refractivity contribution in [1.82, 2.24) is 4.90 Å². The van der Waals surface area contributed by atoms with Gasteiger partial charge in [0, 0.05) is 16.7 Å². The molecule has 1 aromatic rings. The summed E-state index contributed by atoms with van der Waals surface area (Å²) in [6.45, 7) is 5.80. The van der Waals surface area contributed by atoms with Crippen molar-refractivity contribution in [2.75, 3.05) is 18.4 Å². The fourth-order valence-corrected chi connectivity index (χ4v) is 2.80. The van der Waals surface area contributed by atoms with E-state index in [0.29, 0.717) is 18.8 Å². The van der Waals surface area contributed by atoms with E-state index >= 15 is 0 Å². The summed E-state index contributed by atoms with van der Waals surface area (Å²) in [6, 6.07) is 4.74. The van der Waals surface area contributed by atoms with E-state index in [4.69, 9.17) is 0 Å². The normalized spacial score (nSPS) is 17.4. The molecule has 2 rings (SSSR count). The van der Waals surface area contributed by atoms with Crippen molar-refractivity contribution < 1.29 is 14.7 Å². The summed E-state index contributed by atoms with van der Waals surface area (Å²) < 4.78 is 0.822. The Kier molecular flexibility index (Phi) is 4.75. The number of rotatable bonds is 2. The summed E-state index contributed by atoms with van der Waals surface area (Å²) in [5.41, 5.74) is 0.733. The lowest BCUT2D eigenvalue weighted by atomic mass is 9.83. The highest BCUT2D eigenvalue weighted by atomic mass is 127. The van der Waals surface area contributed by atoms with E-state index in [1.807, 2.05) is 22.6 Å². The van der Waals surface area contributed by atoms with Gasteiger partial charge in [0.2, 0.25) is 0 Å². The smallest absolute Gasteiger partial charge is 0.337 e. The predicted molar refractivity (Wildman–Crippen MR) is 89.7 cm³/mol. The van der Waals surface area contributed by atoms with Crippen molar-refractivity contribution in [1.29, 1.82) is 0 Å². The molecule has 1 heterocycles. The van der Waals surface area contributed by atoms with Crippen LogP contribution in [0.1, 0.15) is 37.0 Å². The summed E-state index contributed by atoms with van der Waals surface area (Å²) in [7, 11) is 0. The number of aromatic carboxylic acids is 1. The van der Waals surface area contributed by atoms with Crippen molar-refractivity contribution in [3.05, 3.63) is 27.3 Å². The largest absolute Gasteiger partial charge is 0.478 e. The van der Waals surface area contributed by atoms with Crippen LogP contribution in [0.3, 0.4) is 0 Å². The maximum atomic E-state index is 12.3. The lowest BCUT2D eigenvalue weighted by Crippen LogP contribution is -2.43. The first-order valence-corrected chi connectivity index (χ1v) is 7.95. The van der Waals surface area contributed by atoms with Crippen molar-refractivity contribution >= 4 is 40.3 Å². The molecule has 114 valence electrons. The van der Waals surface area contributed by atoms with Crippen LogP contribution in [0.25, 0.3) is 0 Å². The van der Waals surface area contributed by atoms with E-state index in [2.05, 4.69) is 19.2 Å². The first-order valence-electron chi connectivity index (χ1n) is 6.87. The molecule has 1 aliphatic rings. The Hall–Kier alpha value is -1.31. The number of nitrogens with zero attached hydrogens (tertiary/aromatic N) is 1. The van der Waals surface area contributed by atoms with Gasteiger partial charge in [-0.3, -0.25) is 0 Å². The molecule has 2 N–H and O–H groups in total. The Bertz CT molecular complexity index is 562. The van der Waals surface area contributed by atoms with E-state index in [1.165, 1.54) is 0 Å². The zero-order valence-corrected chi connectivity index (χ0v) is 14.3. The van der Waals surface area contributed by atoms with Crippen LogP contribution in [0.4, 0.5) is 10.5 Å². The number of carbonyl (C=O) groups is 2. The van der Waals surface area contributed by atoms with Crippen molar-refractivity contribution in [3.63, 3.8) is 0 Å². The zero-order chi connectivity index (χ0) is 15.6. The molecule has 0 aliphatic carbocycles. The Morgan fingerprint density at radius 3 is 2.48 bits per heavy atom. The number of anilines is 1. The molecular weight excluding hydrogens is 383 g/mol. The maximum absolute atomic E-state index is 12.3. The first-order chi connectivity index (χ1) is 9.78. The summed E-state index contributed by atoms with van der Waals surface area (Å²) in [5.74, 6) is -1.04. The van der Waals surface area contributed by atoms with Gasteiger partial charge in [0.05, 0.1) is 11.3 Å². The maximum Gasteiger partial charge on any atom is 0.337 e. The molecule has 0 spiro atoms. The molecule has 2 amide bonds. The molecule has 0 aromatic heterocycles. The SMILES string of the molecule is CC1(C)CCN(C(=O)Nc2ccc(I)cc2C(=O)O)CC1. The molecule has 6 heteroatoms. The number of hydrogen-bond acceptors (Lipinski definition) is 2. The molecule has 5 nitrogen and oxygen atoms in total. The first kappa shape index (κ1) is 16.1. The fourth-order valence-electron chi connectivity index (χ4n) is 2.31. The van der Waals surface area contributed by atoms with Gasteiger partial charge in [0.1, 0.15) is 0 Å². The lowest BCUT2D eigenvalue weighted by Gasteiger charge is -2.36. The summed E-state index contributed by atoms with van der Waals surface area (Å²) >= 11 is 2.05. The minimum Gasteiger partial charge on any atom is -0.478 e. The third-order valence-electron chi connectivity index (χ3n) is 3.86. The van der Waals surface area contributed by atoms with Gasteiger partial charge in [-0.1, -0.05) is 13.8 Å². The Morgan fingerprint density at radius 2 is 1.90 bits per heavy atom. The van der Waals surface area contributed by atoms with E-state index in [0.717, 1.165) is 16.4 Å². The highest BCUT2D eigenvalue weighted by molar-refractivity contribution is 14.1. The number of nitrogens with one attached hydrogen (secondary N) is 1. The van der Waals surface area contributed by atoms with Crippen LogP contribution in [0, 0.1) is 8.99 Å². The molecule has 0 bridgehead atoms. The molecule has 1 fully saturated rings. The number of carboxylic acid groups (broad SMARTS) is 1. The standard InChI is InChI=1S/C15H19IN2O3/c1-15(2)5-7-18(8-6-15)14(21)17-12-4-3-10(16)9-11(12)13(19)20/h3-4,9H,5-8H2,1-2H3,(H,17,21)(H,19,20). The van der Waals surface area contributed by atoms with E-state index < -0.39 is 5.97 Å². The van der Waals surface area contributed by atoms with Crippen LogP contribution in [-0.4, -0.2) is 35.1 Å². The third-order valence-corrected chi connectivity index (χ3v) is 4.53. The van der Waals surface area contributed by atoms with Gasteiger partial charge >= 0.3 is 12.0 Å². The van der Waals surface area contributed by atoms with Crippen LogP contribution in [0.15, 0.2) is 18.2 Å². The molecule has 0 atom stereocenters. The summed E-state index contributed by atoms with van der Waals surface area (Å²) in [5, 5.41) is 11.9. The highest BCUT2D eigenvalue weighted by Crippen LogP contribution is 2.30. The molecule has 1 aliphatic heterocycles. The number of urea groups is 1. The van der Waals surface area contributed by atoms with Gasteiger partial charge in [0.25, 0.3) is 0 Å². The monoisotopic (exact) mass is 402 g/mol. The molecule has 21 heavy (non-hydrogen) atoms. The molecular formula is C15H19IN2O3. The van der Waals surface area contributed by atoms with E-state index in [-0.39, 0.29) is 17.0 Å². The van der Waals surface area contributed by atoms with Crippen LogP contribution in [0.2, 0.25) is 0 Å². The Balaban J connectivity index is 2.08. The number of halogens is 1. The minimum absolute atomic E-state index is 0.118. The fraction of sp³-hybridized carbons (Fsp3) is 0.467. The number of likely N-dealkylation sites (tertiary alicyclic amines) is 1. The summed E-state index contributed by atoms with van der Waals surface area (Å²) in [4.78, 5) is 25.3. The van der Waals surface area contributed by atoms with Gasteiger partial charge in [-0.05, 0) is 59.0 Å². The topological polar surface area (TPSA) is 69.6 Å². The van der Waals surface area contributed by atoms with Crippen LogP contribution < -0.4 is 5.32 Å². The second kappa shape index (κ2) is 6.21.